The normalized spacial score (nSPS) is 17.6. The summed E-state index contributed by atoms with van der Waals surface area (Å²) in [7, 11) is 0. The van der Waals surface area contributed by atoms with Crippen LogP contribution in [0.15, 0.2) is 18.3 Å². The topological polar surface area (TPSA) is 99.6 Å². The summed E-state index contributed by atoms with van der Waals surface area (Å²) in [5.41, 5.74) is 0.264. The molecule has 2 amide bonds. The maximum Gasteiger partial charge on any atom is 0.354 e. The number of hydrogen-bond acceptors (Lipinski definition) is 4. The Morgan fingerprint density at radius 1 is 1.39 bits per heavy atom. The van der Waals surface area contributed by atoms with E-state index in [1.165, 1.54) is 18.3 Å². The number of pyridine rings is 1. The molecule has 2 rings (SSSR count). The minimum Gasteiger partial charge on any atom is -0.477 e. The van der Waals surface area contributed by atoms with Crippen molar-refractivity contribution in [3.05, 3.63) is 29.6 Å². The van der Waals surface area contributed by atoms with Crippen LogP contribution in [-0.4, -0.2) is 51.9 Å². The summed E-state index contributed by atoms with van der Waals surface area (Å²) in [6.45, 7) is 3.04. The smallest absolute Gasteiger partial charge is 0.354 e. The third-order valence-electron chi connectivity index (χ3n) is 3.78. The molecule has 1 aliphatic rings. The van der Waals surface area contributed by atoms with Crippen LogP contribution in [0.4, 0.5) is 0 Å². The van der Waals surface area contributed by atoms with Gasteiger partial charge in [-0.2, -0.15) is 0 Å². The van der Waals surface area contributed by atoms with Crippen molar-refractivity contribution in [2.45, 2.75) is 38.6 Å². The fourth-order valence-corrected chi connectivity index (χ4v) is 2.64. The summed E-state index contributed by atoms with van der Waals surface area (Å²) in [6.07, 6.45) is 4.25. The average Bonchev–Trinajstić information content (AvgIpc) is 2.54. The molecule has 0 radical (unpaired) electrons. The zero-order chi connectivity index (χ0) is 16.8. The lowest BCUT2D eigenvalue weighted by Crippen LogP contribution is -2.49. The standard InChI is InChI=1S/C16H21N3O4/c1-2-4-14(20)18-12-5-3-8-19(10-12)15(21)11-6-7-13(16(22)23)17-9-11/h6-7,9,12H,2-5,8,10H2,1H3,(H,18,20)(H,22,23). The molecule has 0 bridgehead atoms. The number of aromatic carboxylic acids is 1. The lowest BCUT2D eigenvalue weighted by molar-refractivity contribution is -0.122. The van der Waals surface area contributed by atoms with E-state index in [-0.39, 0.29) is 23.6 Å². The number of nitrogens with zero attached hydrogens (tertiary/aromatic N) is 2. The Kier molecular flexibility index (Phi) is 5.67. The molecule has 0 spiro atoms. The maximum atomic E-state index is 12.5. The first-order valence-corrected chi connectivity index (χ1v) is 7.79. The predicted molar refractivity (Wildman–Crippen MR) is 83.2 cm³/mol. The number of carbonyl (C=O) groups is 3. The number of nitrogens with one attached hydrogen (secondary N) is 1. The largest absolute Gasteiger partial charge is 0.477 e. The molecule has 1 aromatic rings. The van der Waals surface area contributed by atoms with Crippen LogP contribution in [0.2, 0.25) is 0 Å². The first-order chi connectivity index (χ1) is 11.0. The highest BCUT2D eigenvalue weighted by molar-refractivity contribution is 5.95. The van der Waals surface area contributed by atoms with Gasteiger partial charge < -0.3 is 15.3 Å². The van der Waals surface area contributed by atoms with Crippen molar-refractivity contribution in [2.75, 3.05) is 13.1 Å². The number of hydrogen-bond donors (Lipinski definition) is 2. The zero-order valence-electron chi connectivity index (χ0n) is 13.1. The Balaban J connectivity index is 1.98. The van der Waals surface area contributed by atoms with E-state index in [9.17, 15) is 14.4 Å². The highest BCUT2D eigenvalue weighted by atomic mass is 16.4. The molecular formula is C16H21N3O4. The Morgan fingerprint density at radius 3 is 2.78 bits per heavy atom. The molecule has 1 fully saturated rings. The van der Waals surface area contributed by atoms with Gasteiger partial charge in [0.1, 0.15) is 5.69 Å². The van der Waals surface area contributed by atoms with E-state index in [0.717, 1.165) is 19.3 Å². The molecule has 1 aromatic heterocycles. The van der Waals surface area contributed by atoms with Crippen LogP contribution in [0.5, 0.6) is 0 Å². The van der Waals surface area contributed by atoms with Crippen molar-refractivity contribution in [3.63, 3.8) is 0 Å². The van der Waals surface area contributed by atoms with Gasteiger partial charge in [-0.1, -0.05) is 6.92 Å². The van der Waals surface area contributed by atoms with Crippen LogP contribution < -0.4 is 5.32 Å². The molecule has 2 heterocycles. The van der Waals surface area contributed by atoms with Crippen molar-refractivity contribution >= 4 is 17.8 Å². The van der Waals surface area contributed by atoms with E-state index in [1.54, 1.807) is 4.90 Å². The number of rotatable bonds is 5. The van der Waals surface area contributed by atoms with Crippen molar-refractivity contribution in [1.29, 1.82) is 0 Å². The number of aromatic nitrogens is 1. The number of carboxylic acid groups (broad SMARTS) is 1. The van der Waals surface area contributed by atoms with Crippen molar-refractivity contribution < 1.29 is 19.5 Å². The number of piperidine rings is 1. The van der Waals surface area contributed by atoms with Crippen molar-refractivity contribution in [2.24, 2.45) is 0 Å². The molecule has 1 unspecified atom stereocenters. The fraction of sp³-hybridized carbons (Fsp3) is 0.500. The molecular weight excluding hydrogens is 298 g/mol. The molecule has 0 saturated carbocycles. The summed E-state index contributed by atoms with van der Waals surface area (Å²) in [5, 5.41) is 11.8. The zero-order valence-corrected chi connectivity index (χ0v) is 13.1. The molecule has 124 valence electrons. The van der Waals surface area contributed by atoms with Crippen LogP contribution in [-0.2, 0) is 4.79 Å². The fourth-order valence-electron chi connectivity index (χ4n) is 2.64. The van der Waals surface area contributed by atoms with E-state index < -0.39 is 5.97 Å². The van der Waals surface area contributed by atoms with Crippen LogP contribution in [0.1, 0.15) is 53.5 Å². The van der Waals surface area contributed by atoms with Crippen molar-refractivity contribution in [1.82, 2.24) is 15.2 Å². The summed E-state index contributed by atoms with van der Waals surface area (Å²) >= 11 is 0. The molecule has 2 N–H and O–H groups in total. The molecule has 7 nitrogen and oxygen atoms in total. The molecule has 1 atom stereocenters. The summed E-state index contributed by atoms with van der Waals surface area (Å²) < 4.78 is 0. The van der Waals surface area contributed by atoms with E-state index in [1.807, 2.05) is 6.92 Å². The molecule has 7 heteroatoms. The SMILES string of the molecule is CCCC(=O)NC1CCCN(C(=O)c2ccc(C(=O)O)nc2)C1. The lowest BCUT2D eigenvalue weighted by Gasteiger charge is -2.33. The van der Waals surface area contributed by atoms with Gasteiger partial charge in [-0.25, -0.2) is 9.78 Å². The highest BCUT2D eigenvalue weighted by Crippen LogP contribution is 2.14. The van der Waals surface area contributed by atoms with Crippen LogP contribution in [0.25, 0.3) is 0 Å². The van der Waals surface area contributed by atoms with Gasteiger partial charge in [-0.3, -0.25) is 9.59 Å². The third-order valence-corrected chi connectivity index (χ3v) is 3.78. The van der Waals surface area contributed by atoms with Gasteiger partial charge in [0.2, 0.25) is 5.91 Å². The molecule has 1 saturated heterocycles. The van der Waals surface area contributed by atoms with Crippen LogP contribution >= 0.6 is 0 Å². The Hall–Kier alpha value is -2.44. The van der Waals surface area contributed by atoms with Crippen LogP contribution in [0, 0.1) is 0 Å². The van der Waals surface area contributed by atoms with Gasteiger partial charge in [0.25, 0.3) is 5.91 Å². The van der Waals surface area contributed by atoms with Gasteiger partial charge in [0, 0.05) is 31.7 Å². The first kappa shape index (κ1) is 16.9. The predicted octanol–water partition coefficient (Wildman–Crippen LogP) is 1.30. The van der Waals surface area contributed by atoms with Gasteiger partial charge in [0.15, 0.2) is 0 Å². The van der Waals surface area contributed by atoms with E-state index in [0.29, 0.717) is 25.1 Å². The summed E-state index contributed by atoms with van der Waals surface area (Å²) in [5.74, 6) is -1.30. The number of carboxylic acids is 1. The second-order valence-corrected chi connectivity index (χ2v) is 5.65. The monoisotopic (exact) mass is 319 g/mol. The van der Waals surface area contributed by atoms with E-state index in [2.05, 4.69) is 10.3 Å². The van der Waals surface area contributed by atoms with E-state index >= 15 is 0 Å². The minimum atomic E-state index is -1.12. The molecule has 23 heavy (non-hydrogen) atoms. The minimum absolute atomic E-state index is 0.0132. The number of amides is 2. The van der Waals surface area contributed by atoms with Gasteiger partial charge in [-0.15, -0.1) is 0 Å². The highest BCUT2D eigenvalue weighted by Gasteiger charge is 2.25. The number of carbonyl (C=O) groups excluding carboxylic acids is 2. The second-order valence-electron chi connectivity index (χ2n) is 5.65. The quantitative estimate of drug-likeness (QED) is 0.852. The average molecular weight is 319 g/mol. The summed E-state index contributed by atoms with van der Waals surface area (Å²) in [4.78, 5) is 40.4. The van der Waals surface area contributed by atoms with Crippen molar-refractivity contribution in [3.8, 4) is 0 Å². The number of likely N-dealkylation sites (tertiary alicyclic amines) is 1. The van der Waals surface area contributed by atoms with E-state index in [4.69, 9.17) is 5.11 Å². The lowest BCUT2D eigenvalue weighted by atomic mass is 10.0. The molecule has 1 aliphatic heterocycles. The Labute approximate surface area is 134 Å². The first-order valence-electron chi connectivity index (χ1n) is 7.79. The van der Waals surface area contributed by atoms with Crippen LogP contribution in [0.3, 0.4) is 0 Å². The van der Waals surface area contributed by atoms with Gasteiger partial charge in [-0.05, 0) is 31.4 Å². The Bertz CT molecular complexity index is 585. The summed E-state index contributed by atoms with van der Waals surface area (Å²) in [6, 6.07) is 2.76. The van der Waals surface area contributed by atoms with Gasteiger partial charge in [0.05, 0.1) is 5.56 Å². The Morgan fingerprint density at radius 2 is 2.17 bits per heavy atom. The maximum absolute atomic E-state index is 12.5. The molecule has 0 aromatic carbocycles. The second kappa shape index (κ2) is 7.71. The molecule has 0 aliphatic carbocycles. The third kappa shape index (κ3) is 4.51. The van der Waals surface area contributed by atoms with Gasteiger partial charge >= 0.3 is 5.97 Å².